The van der Waals surface area contributed by atoms with Crippen LogP contribution in [0.3, 0.4) is 0 Å². The van der Waals surface area contributed by atoms with Gasteiger partial charge in [0.25, 0.3) is 15.8 Å². The molecule has 6 nitrogen and oxygen atoms in total. The molecular formula is C7H9KNNaO5S. The predicted molar refractivity (Wildman–Crippen MR) is 49.9 cm³/mol. The minimum atomic E-state index is -4.39. The van der Waals surface area contributed by atoms with E-state index >= 15 is 0 Å². The van der Waals surface area contributed by atoms with Gasteiger partial charge in [-0.1, -0.05) is 6.07 Å². The summed E-state index contributed by atoms with van der Waals surface area (Å²) in [6, 6.07) is 3.26. The Kier molecular flexibility index (Phi) is 9.23. The van der Waals surface area contributed by atoms with Gasteiger partial charge in [-0.15, -0.1) is 0 Å². The van der Waals surface area contributed by atoms with Gasteiger partial charge in [0.05, 0.1) is 4.92 Å². The molecule has 1 N–H and O–H groups in total. The van der Waals surface area contributed by atoms with Crippen molar-refractivity contribution < 1.29 is 102 Å². The molecule has 0 saturated carbocycles. The molecule has 0 saturated heterocycles. The van der Waals surface area contributed by atoms with E-state index in [1.807, 2.05) is 0 Å². The minimum absolute atomic E-state index is 0. The van der Waals surface area contributed by atoms with E-state index in [0.29, 0.717) is 0 Å². The summed E-state index contributed by atoms with van der Waals surface area (Å²) in [5, 5.41) is 10.3. The molecule has 0 aliphatic rings. The van der Waals surface area contributed by atoms with Crippen molar-refractivity contribution in [2.45, 2.75) is 11.8 Å². The summed E-state index contributed by atoms with van der Waals surface area (Å²) in [6.07, 6.45) is 0. The Morgan fingerprint density at radius 3 is 2.31 bits per heavy atom. The zero-order valence-corrected chi connectivity index (χ0v) is 15.1. The average Bonchev–Trinajstić information content (AvgIpc) is 2.02. The Balaban J connectivity index is -0.000000245. The van der Waals surface area contributed by atoms with Crippen LogP contribution in [0.15, 0.2) is 23.1 Å². The predicted octanol–water partition coefficient (Wildman–Crippen LogP) is -4.62. The molecule has 0 unspecified atom stereocenters. The smallest absolute Gasteiger partial charge is 1.00 e. The van der Waals surface area contributed by atoms with Crippen molar-refractivity contribution in [1.29, 1.82) is 0 Å². The Bertz CT molecular complexity index is 499. The molecule has 0 aromatic heterocycles. The second-order valence-corrected chi connectivity index (χ2v) is 4.07. The fraction of sp³-hybridized carbons (Fsp3) is 0.143. The van der Waals surface area contributed by atoms with Crippen molar-refractivity contribution in [3.05, 3.63) is 33.9 Å². The molecule has 0 radical (unpaired) electrons. The number of benzene rings is 1. The van der Waals surface area contributed by atoms with Crippen LogP contribution in [0, 0.1) is 17.0 Å². The van der Waals surface area contributed by atoms with Crippen molar-refractivity contribution >= 4 is 15.8 Å². The Morgan fingerprint density at radius 2 is 1.94 bits per heavy atom. The Labute approximate surface area is 160 Å². The van der Waals surface area contributed by atoms with Crippen LogP contribution >= 0.6 is 0 Å². The molecule has 0 aliphatic carbocycles. The van der Waals surface area contributed by atoms with Gasteiger partial charge in [0.2, 0.25) is 0 Å². The molecule has 0 fully saturated rings. The zero-order valence-electron chi connectivity index (χ0n) is 11.2. The molecule has 0 heterocycles. The normalized spacial score (nSPS) is 9.88. The van der Waals surface area contributed by atoms with Gasteiger partial charge >= 0.3 is 80.9 Å². The molecule has 16 heavy (non-hydrogen) atoms. The second-order valence-electron chi connectivity index (χ2n) is 2.68. The quantitative estimate of drug-likeness (QED) is 0.254. The topological polar surface area (TPSA) is 97.5 Å². The summed E-state index contributed by atoms with van der Waals surface area (Å²) >= 11 is 0. The monoisotopic (exact) mass is 281 g/mol. The van der Waals surface area contributed by atoms with Crippen LogP contribution in [0.1, 0.15) is 8.42 Å². The number of non-ortho nitro benzene ring substituents is 1. The Hall–Kier alpha value is 1.17. The molecular weight excluding hydrogens is 272 g/mol. The van der Waals surface area contributed by atoms with Gasteiger partial charge in [0.1, 0.15) is 4.90 Å². The summed E-state index contributed by atoms with van der Waals surface area (Å²) in [5.41, 5.74) is -0.110. The fourth-order valence-electron chi connectivity index (χ4n) is 0.980. The van der Waals surface area contributed by atoms with Gasteiger partial charge in [-0.3, -0.25) is 14.7 Å². The van der Waals surface area contributed by atoms with Crippen molar-refractivity contribution in [3.8, 4) is 0 Å². The molecule has 0 atom stereocenters. The van der Waals surface area contributed by atoms with E-state index in [4.69, 9.17) is 4.55 Å². The third-order valence-corrected chi connectivity index (χ3v) is 2.66. The van der Waals surface area contributed by atoms with E-state index in [9.17, 15) is 18.5 Å². The van der Waals surface area contributed by atoms with E-state index < -0.39 is 19.9 Å². The molecule has 1 rings (SSSR count). The van der Waals surface area contributed by atoms with Crippen LogP contribution in [0.4, 0.5) is 5.69 Å². The van der Waals surface area contributed by atoms with Crippen molar-refractivity contribution in [3.63, 3.8) is 0 Å². The number of hydrogen-bond acceptors (Lipinski definition) is 4. The van der Waals surface area contributed by atoms with E-state index in [0.717, 1.165) is 6.07 Å². The average molecular weight is 281 g/mol. The minimum Gasteiger partial charge on any atom is -1.00 e. The summed E-state index contributed by atoms with van der Waals surface area (Å²) in [6.45, 7) is 1.44. The molecule has 0 amide bonds. The standard InChI is InChI=1S/C7H7NO5S.K.Na.2H/c1-5-2-3-6(8(9)10)4-7(5)14(11,12)13;;;;/h2-4H,1H3,(H,11,12,13);;;;/q;2*+1;2*-1. The fourth-order valence-corrected chi connectivity index (χ4v) is 1.72. The first kappa shape index (κ1) is 19.5. The summed E-state index contributed by atoms with van der Waals surface area (Å²) < 4.78 is 30.2. The van der Waals surface area contributed by atoms with Crippen LogP contribution in [0.25, 0.3) is 0 Å². The van der Waals surface area contributed by atoms with Gasteiger partial charge < -0.3 is 2.85 Å². The van der Waals surface area contributed by atoms with Crippen LogP contribution in [0.5, 0.6) is 0 Å². The first-order chi connectivity index (χ1) is 6.32. The van der Waals surface area contributed by atoms with Crippen LogP contribution in [-0.4, -0.2) is 17.9 Å². The van der Waals surface area contributed by atoms with E-state index in [-0.39, 0.29) is 95.0 Å². The summed E-state index contributed by atoms with van der Waals surface area (Å²) in [7, 11) is -4.39. The SMILES string of the molecule is Cc1ccc([N+](=O)[O-])cc1S(=O)(=O)O.[H-].[H-].[K+].[Na+]. The summed E-state index contributed by atoms with van der Waals surface area (Å²) in [5.74, 6) is 0. The first-order valence-electron chi connectivity index (χ1n) is 3.55. The van der Waals surface area contributed by atoms with Crippen LogP contribution in [-0.2, 0) is 10.1 Å². The maximum atomic E-state index is 10.8. The van der Waals surface area contributed by atoms with Gasteiger partial charge in [-0.2, -0.15) is 8.42 Å². The third-order valence-electron chi connectivity index (χ3n) is 1.66. The number of nitro groups is 1. The van der Waals surface area contributed by atoms with Crippen LogP contribution < -0.4 is 80.9 Å². The Morgan fingerprint density at radius 1 is 1.44 bits per heavy atom. The number of rotatable bonds is 2. The van der Waals surface area contributed by atoms with Gasteiger partial charge in [-0.05, 0) is 12.5 Å². The van der Waals surface area contributed by atoms with Crippen molar-refractivity contribution in [1.82, 2.24) is 0 Å². The number of aryl methyl sites for hydroxylation is 1. The van der Waals surface area contributed by atoms with Crippen molar-refractivity contribution in [2.75, 3.05) is 0 Å². The molecule has 0 aliphatic heterocycles. The number of nitro benzene ring substituents is 1. The van der Waals surface area contributed by atoms with Gasteiger partial charge in [0, 0.05) is 12.1 Å². The van der Waals surface area contributed by atoms with E-state index in [2.05, 4.69) is 0 Å². The third kappa shape index (κ3) is 5.21. The first-order valence-corrected chi connectivity index (χ1v) is 4.99. The maximum Gasteiger partial charge on any atom is 1.00 e. The number of nitrogens with zero attached hydrogens (tertiary/aromatic N) is 1. The van der Waals surface area contributed by atoms with Gasteiger partial charge in [-0.25, -0.2) is 0 Å². The van der Waals surface area contributed by atoms with Crippen molar-refractivity contribution in [2.24, 2.45) is 0 Å². The van der Waals surface area contributed by atoms with Crippen LogP contribution in [0.2, 0.25) is 0 Å². The molecule has 0 bridgehead atoms. The molecule has 80 valence electrons. The summed E-state index contributed by atoms with van der Waals surface area (Å²) in [4.78, 5) is 9.15. The van der Waals surface area contributed by atoms with Gasteiger partial charge in [0.15, 0.2) is 0 Å². The molecule has 1 aromatic rings. The molecule has 0 spiro atoms. The molecule has 1 aromatic carbocycles. The molecule has 9 heteroatoms. The van der Waals surface area contributed by atoms with E-state index in [1.165, 1.54) is 19.1 Å². The maximum absolute atomic E-state index is 10.8. The zero-order chi connectivity index (χ0) is 10.9. The second kappa shape index (κ2) is 7.57. The number of hydrogen-bond donors (Lipinski definition) is 1. The van der Waals surface area contributed by atoms with E-state index in [1.54, 1.807) is 0 Å². The largest absolute Gasteiger partial charge is 1.00 e.